The standard InChI is InChI=1S/C22H25N3O4/c1-28-16-5-3-15(4-6-16)24-9-11-25(12-10-24)21(22(26)27)19-14-23-20-8-7-17(29-2)13-18(19)20/h3-8,13-14,21,23H,9-12H2,1-2H3,(H,26,27)/t21-/m1/s1. The third-order valence-electron chi connectivity index (χ3n) is 5.57. The Morgan fingerprint density at radius 1 is 1.00 bits per heavy atom. The fraction of sp³-hybridized carbons (Fsp3) is 0.318. The molecule has 0 saturated carbocycles. The van der Waals surface area contributed by atoms with Gasteiger partial charge in [-0.3, -0.25) is 9.69 Å². The van der Waals surface area contributed by atoms with Gasteiger partial charge in [-0.25, -0.2) is 0 Å². The third-order valence-corrected chi connectivity index (χ3v) is 5.57. The van der Waals surface area contributed by atoms with Crippen molar-refractivity contribution in [3.63, 3.8) is 0 Å². The molecule has 152 valence electrons. The molecule has 0 bridgehead atoms. The number of aliphatic carboxylic acids is 1. The highest BCUT2D eigenvalue weighted by Gasteiger charge is 2.32. The van der Waals surface area contributed by atoms with E-state index in [0.29, 0.717) is 18.8 Å². The molecule has 0 radical (unpaired) electrons. The topological polar surface area (TPSA) is 78.0 Å². The molecular formula is C22H25N3O4. The first-order chi connectivity index (χ1) is 14.1. The number of nitrogens with one attached hydrogen (secondary N) is 1. The van der Waals surface area contributed by atoms with Gasteiger partial charge in [-0.2, -0.15) is 0 Å². The van der Waals surface area contributed by atoms with Crippen LogP contribution in [0.2, 0.25) is 0 Å². The molecule has 2 N–H and O–H groups in total. The Morgan fingerprint density at radius 2 is 1.66 bits per heavy atom. The van der Waals surface area contributed by atoms with E-state index in [2.05, 4.69) is 9.88 Å². The molecule has 7 heteroatoms. The summed E-state index contributed by atoms with van der Waals surface area (Å²) in [6, 6.07) is 12.9. The van der Waals surface area contributed by atoms with Gasteiger partial charge in [-0.05, 0) is 42.5 Å². The number of piperazine rings is 1. The molecule has 0 unspecified atom stereocenters. The highest BCUT2D eigenvalue weighted by Crippen LogP contribution is 2.32. The molecule has 1 aromatic heterocycles. The molecule has 1 aliphatic heterocycles. The Morgan fingerprint density at radius 3 is 2.28 bits per heavy atom. The number of carboxylic acids is 1. The van der Waals surface area contributed by atoms with Crippen molar-refractivity contribution in [3.05, 3.63) is 54.2 Å². The number of hydrogen-bond donors (Lipinski definition) is 2. The van der Waals surface area contributed by atoms with Crippen LogP contribution in [0, 0.1) is 0 Å². The lowest BCUT2D eigenvalue weighted by Gasteiger charge is -2.38. The molecule has 0 spiro atoms. The molecule has 1 fully saturated rings. The minimum Gasteiger partial charge on any atom is -0.497 e. The summed E-state index contributed by atoms with van der Waals surface area (Å²) in [5, 5.41) is 10.9. The number of ether oxygens (including phenoxy) is 2. The Kier molecular flexibility index (Phi) is 5.31. The van der Waals surface area contributed by atoms with E-state index in [-0.39, 0.29) is 0 Å². The maximum atomic E-state index is 12.2. The number of rotatable bonds is 6. The van der Waals surface area contributed by atoms with E-state index in [4.69, 9.17) is 9.47 Å². The van der Waals surface area contributed by atoms with Gasteiger partial charge in [0, 0.05) is 54.5 Å². The molecule has 4 rings (SSSR count). The van der Waals surface area contributed by atoms with Gasteiger partial charge in [0.2, 0.25) is 0 Å². The SMILES string of the molecule is COc1ccc(N2CCN([C@@H](C(=O)O)c3c[nH]c4ccc(OC)cc34)CC2)cc1. The van der Waals surface area contributed by atoms with Crippen LogP contribution in [0.3, 0.4) is 0 Å². The van der Waals surface area contributed by atoms with Crippen LogP contribution in [0.15, 0.2) is 48.7 Å². The molecule has 29 heavy (non-hydrogen) atoms. The molecule has 2 heterocycles. The fourth-order valence-electron chi connectivity index (χ4n) is 3.99. The van der Waals surface area contributed by atoms with Gasteiger partial charge in [0.1, 0.15) is 17.5 Å². The summed E-state index contributed by atoms with van der Waals surface area (Å²) < 4.78 is 10.5. The summed E-state index contributed by atoms with van der Waals surface area (Å²) in [6.45, 7) is 2.86. The van der Waals surface area contributed by atoms with Crippen molar-refractivity contribution >= 4 is 22.6 Å². The fourth-order valence-corrected chi connectivity index (χ4v) is 3.99. The van der Waals surface area contributed by atoms with Crippen molar-refractivity contribution in [1.82, 2.24) is 9.88 Å². The van der Waals surface area contributed by atoms with E-state index >= 15 is 0 Å². The predicted octanol–water partition coefficient (Wildman–Crippen LogP) is 3.13. The molecule has 7 nitrogen and oxygen atoms in total. The minimum absolute atomic E-state index is 0.666. The van der Waals surface area contributed by atoms with Crippen molar-refractivity contribution < 1.29 is 19.4 Å². The second-order valence-electron chi connectivity index (χ2n) is 7.12. The summed E-state index contributed by atoms with van der Waals surface area (Å²) in [5.41, 5.74) is 2.79. The smallest absolute Gasteiger partial charge is 0.325 e. The van der Waals surface area contributed by atoms with Crippen LogP contribution < -0.4 is 14.4 Å². The molecule has 1 saturated heterocycles. The molecule has 0 aliphatic carbocycles. The largest absolute Gasteiger partial charge is 0.497 e. The predicted molar refractivity (Wildman–Crippen MR) is 112 cm³/mol. The number of aromatic nitrogens is 1. The highest BCUT2D eigenvalue weighted by atomic mass is 16.5. The first-order valence-electron chi connectivity index (χ1n) is 9.61. The third kappa shape index (κ3) is 3.73. The Labute approximate surface area is 169 Å². The number of nitrogens with zero attached hydrogens (tertiary/aromatic N) is 2. The Hall–Kier alpha value is -3.19. The number of fused-ring (bicyclic) bond motifs is 1. The highest BCUT2D eigenvalue weighted by molar-refractivity contribution is 5.90. The number of anilines is 1. The summed E-state index contributed by atoms with van der Waals surface area (Å²) in [7, 11) is 3.26. The average molecular weight is 395 g/mol. The van der Waals surface area contributed by atoms with Crippen LogP contribution in [0.4, 0.5) is 5.69 Å². The van der Waals surface area contributed by atoms with Crippen LogP contribution in [-0.2, 0) is 4.79 Å². The first-order valence-corrected chi connectivity index (χ1v) is 9.61. The van der Waals surface area contributed by atoms with E-state index in [9.17, 15) is 9.90 Å². The van der Waals surface area contributed by atoms with E-state index in [0.717, 1.165) is 41.0 Å². The van der Waals surface area contributed by atoms with Crippen molar-refractivity contribution in [2.24, 2.45) is 0 Å². The van der Waals surface area contributed by atoms with Crippen LogP contribution in [0.5, 0.6) is 11.5 Å². The lowest BCUT2D eigenvalue weighted by molar-refractivity contribution is -0.143. The Balaban J connectivity index is 1.54. The molecule has 1 aliphatic rings. The monoisotopic (exact) mass is 395 g/mol. The van der Waals surface area contributed by atoms with Crippen LogP contribution in [0.25, 0.3) is 10.9 Å². The number of H-pyrrole nitrogens is 1. The minimum atomic E-state index is -0.841. The van der Waals surface area contributed by atoms with E-state index in [1.54, 1.807) is 20.4 Å². The van der Waals surface area contributed by atoms with E-state index in [1.807, 2.05) is 47.4 Å². The van der Waals surface area contributed by atoms with Crippen LogP contribution in [-0.4, -0.2) is 61.4 Å². The van der Waals surface area contributed by atoms with Crippen molar-refractivity contribution in [3.8, 4) is 11.5 Å². The molecule has 1 atom stereocenters. The zero-order valence-electron chi connectivity index (χ0n) is 16.6. The molecular weight excluding hydrogens is 370 g/mol. The van der Waals surface area contributed by atoms with Gasteiger partial charge in [-0.1, -0.05) is 0 Å². The van der Waals surface area contributed by atoms with Crippen molar-refractivity contribution in [1.29, 1.82) is 0 Å². The average Bonchev–Trinajstić information content (AvgIpc) is 3.17. The molecule has 0 amide bonds. The number of carboxylic acid groups (broad SMARTS) is 1. The normalized spacial score (nSPS) is 16.0. The molecule has 3 aromatic rings. The first kappa shape index (κ1) is 19.1. The van der Waals surface area contributed by atoms with Crippen molar-refractivity contribution in [2.75, 3.05) is 45.3 Å². The number of methoxy groups -OCH3 is 2. The summed E-state index contributed by atoms with van der Waals surface area (Å²) >= 11 is 0. The van der Waals surface area contributed by atoms with Gasteiger partial charge in [0.15, 0.2) is 0 Å². The zero-order chi connectivity index (χ0) is 20.4. The van der Waals surface area contributed by atoms with E-state index < -0.39 is 12.0 Å². The van der Waals surface area contributed by atoms with Gasteiger partial charge in [0.05, 0.1) is 14.2 Å². The number of aromatic amines is 1. The summed E-state index contributed by atoms with van der Waals surface area (Å²) in [5.74, 6) is 0.700. The maximum Gasteiger partial charge on any atom is 0.325 e. The number of carbonyl (C=O) groups is 1. The van der Waals surface area contributed by atoms with Gasteiger partial charge >= 0.3 is 5.97 Å². The number of benzene rings is 2. The quantitative estimate of drug-likeness (QED) is 0.668. The van der Waals surface area contributed by atoms with Gasteiger partial charge in [-0.15, -0.1) is 0 Å². The lowest BCUT2D eigenvalue weighted by Crippen LogP contribution is -2.49. The summed E-state index contributed by atoms with van der Waals surface area (Å²) in [6.07, 6.45) is 1.80. The zero-order valence-corrected chi connectivity index (χ0v) is 16.6. The van der Waals surface area contributed by atoms with Gasteiger partial charge < -0.3 is 24.5 Å². The second kappa shape index (κ2) is 8.05. The molecule has 2 aromatic carbocycles. The summed E-state index contributed by atoms with van der Waals surface area (Å²) in [4.78, 5) is 19.7. The second-order valence-corrected chi connectivity index (χ2v) is 7.12. The number of hydrogen-bond acceptors (Lipinski definition) is 5. The van der Waals surface area contributed by atoms with Crippen LogP contribution in [0.1, 0.15) is 11.6 Å². The lowest BCUT2D eigenvalue weighted by atomic mass is 10.0. The maximum absolute atomic E-state index is 12.2. The van der Waals surface area contributed by atoms with E-state index in [1.165, 1.54) is 0 Å². The van der Waals surface area contributed by atoms with Gasteiger partial charge in [0.25, 0.3) is 0 Å². The van der Waals surface area contributed by atoms with Crippen LogP contribution >= 0.6 is 0 Å². The van der Waals surface area contributed by atoms with Crippen molar-refractivity contribution in [2.45, 2.75) is 6.04 Å². The Bertz CT molecular complexity index is 991.